The first-order valence-corrected chi connectivity index (χ1v) is 7.14. The predicted molar refractivity (Wildman–Crippen MR) is 71.6 cm³/mol. The van der Waals surface area contributed by atoms with Crippen molar-refractivity contribution in [3.63, 3.8) is 0 Å². The molecule has 4 nitrogen and oxygen atoms in total. The van der Waals surface area contributed by atoms with Gasteiger partial charge in [-0.05, 0) is 31.6 Å². The zero-order valence-electron chi connectivity index (χ0n) is 10.9. The molecule has 0 aromatic carbocycles. The molecule has 2 atom stereocenters. The second kappa shape index (κ2) is 6.24. The second-order valence-electron chi connectivity index (χ2n) is 5.45. The Morgan fingerprint density at radius 2 is 2.06 bits per heavy atom. The fourth-order valence-corrected chi connectivity index (χ4v) is 2.79. The summed E-state index contributed by atoms with van der Waals surface area (Å²) in [5.41, 5.74) is 2.72. The summed E-state index contributed by atoms with van der Waals surface area (Å²) in [6.07, 6.45) is 10.4. The van der Waals surface area contributed by atoms with Crippen molar-refractivity contribution in [3.05, 3.63) is 0 Å². The molecule has 2 fully saturated rings. The second-order valence-corrected chi connectivity index (χ2v) is 5.45. The minimum atomic E-state index is 0.511. The number of nitrogens with zero attached hydrogens (tertiary/aromatic N) is 1. The molecule has 0 spiro atoms. The van der Waals surface area contributed by atoms with Crippen LogP contribution in [0.4, 0.5) is 0 Å². The monoisotopic (exact) mass is 238 g/mol. The van der Waals surface area contributed by atoms with Crippen LogP contribution in [0.1, 0.15) is 58.3 Å². The van der Waals surface area contributed by atoms with Gasteiger partial charge in [0.05, 0.1) is 6.04 Å². The normalized spacial score (nSPS) is 30.1. The van der Waals surface area contributed by atoms with E-state index in [9.17, 15) is 0 Å². The van der Waals surface area contributed by atoms with Gasteiger partial charge in [-0.25, -0.2) is 10.8 Å². The van der Waals surface area contributed by atoms with E-state index in [0.29, 0.717) is 12.1 Å². The molecule has 2 aliphatic rings. The maximum absolute atomic E-state index is 5.54. The Morgan fingerprint density at radius 1 is 1.29 bits per heavy atom. The molecule has 0 bridgehead atoms. The van der Waals surface area contributed by atoms with Gasteiger partial charge in [0.15, 0.2) is 0 Å². The number of nitrogens with one attached hydrogen (secondary N) is 2. The average Bonchev–Trinajstić information content (AvgIpc) is 3.08. The summed E-state index contributed by atoms with van der Waals surface area (Å²) in [5.74, 6) is 7.15. The number of hydrazine groups is 1. The number of aliphatic imine (C=N–C) groups is 1. The number of nitrogens with two attached hydrogens (primary N) is 1. The van der Waals surface area contributed by atoms with Crippen LogP contribution in [0.15, 0.2) is 4.99 Å². The highest BCUT2D eigenvalue weighted by atomic mass is 15.3. The lowest BCUT2D eigenvalue weighted by Crippen LogP contribution is -2.47. The van der Waals surface area contributed by atoms with Crippen molar-refractivity contribution in [1.82, 2.24) is 10.7 Å². The Bertz CT molecular complexity index is 258. The van der Waals surface area contributed by atoms with E-state index < -0.39 is 0 Å². The maximum Gasteiger partial charge on any atom is 0.206 e. The van der Waals surface area contributed by atoms with Gasteiger partial charge >= 0.3 is 0 Å². The molecule has 2 aliphatic carbocycles. The summed E-state index contributed by atoms with van der Waals surface area (Å²) in [7, 11) is 0. The summed E-state index contributed by atoms with van der Waals surface area (Å²) in [6, 6.07) is 1.08. The van der Waals surface area contributed by atoms with Gasteiger partial charge in [-0.1, -0.05) is 32.6 Å². The Hall–Kier alpha value is -0.770. The van der Waals surface area contributed by atoms with E-state index in [2.05, 4.69) is 22.7 Å². The van der Waals surface area contributed by atoms with Crippen LogP contribution < -0.4 is 16.6 Å². The van der Waals surface area contributed by atoms with E-state index in [1.54, 1.807) is 0 Å². The van der Waals surface area contributed by atoms with E-state index in [1.165, 1.54) is 51.4 Å². The quantitative estimate of drug-likeness (QED) is 0.303. The summed E-state index contributed by atoms with van der Waals surface area (Å²) >= 11 is 0. The minimum Gasteiger partial charge on any atom is -0.353 e. The Kier molecular flexibility index (Phi) is 4.66. The van der Waals surface area contributed by atoms with Crippen molar-refractivity contribution in [3.8, 4) is 0 Å². The molecule has 0 saturated heterocycles. The number of hydrogen-bond donors (Lipinski definition) is 3. The third kappa shape index (κ3) is 3.87. The van der Waals surface area contributed by atoms with Crippen LogP contribution in [-0.4, -0.2) is 18.0 Å². The summed E-state index contributed by atoms with van der Waals surface area (Å²) < 4.78 is 0. The SMILES string of the molecule is CCCC1CC1N=C(NN)NC1CCCCC1. The first-order chi connectivity index (χ1) is 8.33. The van der Waals surface area contributed by atoms with E-state index in [0.717, 1.165) is 11.9 Å². The lowest BCUT2D eigenvalue weighted by atomic mass is 9.96. The molecule has 0 radical (unpaired) electrons. The van der Waals surface area contributed by atoms with Gasteiger partial charge in [-0.3, -0.25) is 5.43 Å². The van der Waals surface area contributed by atoms with E-state index in [4.69, 9.17) is 5.84 Å². The lowest BCUT2D eigenvalue weighted by molar-refractivity contribution is 0.410. The van der Waals surface area contributed by atoms with Crippen molar-refractivity contribution in [2.24, 2.45) is 16.8 Å². The molecule has 0 amide bonds. The molecule has 0 aromatic heterocycles. The fourth-order valence-electron chi connectivity index (χ4n) is 2.79. The predicted octanol–water partition coefficient (Wildman–Crippen LogP) is 1.92. The van der Waals surface area contributed by atoms with E-state index in [1.807, 2.05) is 0 Å². The molecule has 0 aromatic rings. The molecular weight excluding hydrogens is 212 g/mol. The van der Waals surface area contributed by atoms with E-state index in [-0.39, 0.29) is 0 Å². The zero-order chi connectivity index (χ0) is 12.1. The van der Waals surface area contributed by atoms with Crippen LogP contribution in [0.5, 0.6) is 0 Å². The van der Waals surface area contributed by atoms with Gasteiger partial charge in [-0.15, -0.1) is 0 Å². The largest absolute Gasteiger partial charge is 0.353 e. The van der Waals surface area contributed by atoms with Gasteiger partial charge in [0.25, 0.3) is 0 Å². The Balaban J connectivity index is 1.77. The summed E-state index contributed by atoms with van der Waals surface area (Å²) in [6.45, 7) is 2.24. The topological polar surface area (TPSA) is 62.4 Å². The van der Waals surface area contributed by atoms with Gasteiger partial charge in [0, 0.05) is 6.04 Å². The lowest BCUT2D eigenvalue weighted by Gasteiger charge is -2.24. The van der Waals surface area contributed by atoms with Gasteiger partial charge in [0.1, 0.15) is 0 Å². The van der Waals surface area contributed by atoms with Crippen molar-refractivity contribution in [2.45, 2.75) is 70.4 Å². The standard InChI is InChI=1S/C13H26N4/c1-2-6-10-9-12(10)16-13(17-14)15-11-7-4-3-5-8-11/h10-12H,2-9,14H2,1H3,(H2,15,16,17). The summed E-state index contributed by atoms with van der Waals surface area (Å²) in [5, 5.41) is 3.45. The van der Waals surface area contributed by atoms with Gasteiger partial charge in [0.2, 0.25) is 5.96 Å². The van der Waals surface area contributed by atoms with Crippen molar-refractivity contribution in [1.29, 1.82) is 0 Å². The zero-order valence-corrected chi connectivity index (χ0v) is 10.9. The summed E-state index contributed by atoms with van der Waals surface area (Å²) in [4.78, 5) is 4.67. The Labute approximate surface area is 104 Å². The van der Waals surface area contributed by atoms with Crippen LogP contribution in [0.3, 0.4) is 0 Å². The molecule has 2 rings (SSSR count). The van der Waals surface area contributed by atoms with Crippen LogP contribution in [0, 0.1) is 5.92 Å². The molecule has 2 saturated carbocycles. The molecule has 4 heteroatoms. The number of hydrogen-bond acceptors (Lipinski definition) is 2. The molecule has 2 unspecified atom stereocenters. The first-order valence-electron chi connectivity index (χ1n) is 7.14. The highest BCUT2D eigenvalue weighted by Gasteiger charge is 2.36. The molecule has 0 aliphatic heterocycles. The highest BCUT2D eigenvalue weighted by molar-refractivity contribution is 5.79. The van der Waals surface area contributed by atoms with Crippen molar-refractivity contribution in [2.75, 3.05) is 0 Å². The molecule has 98 valence electrons. The number of guanidine groups is 1. The smallest absolute Gasteiger partial charge is 0.206 e. The van der Waals surface area contributed by atoms with Crippen molar-refractivity contribution < 1.29 is 0 Å². The van der Waals surface area contributed by atoms with Crippen LogP contribution in [-0.2, 0) is 0 Å². The molecular formula is C13H26N4. The molecule has 0 heterocycles. The van der Waals surface area contributed by atoms with Crippen LogP contribution >= 0.6 is 0 Å². The van der Waals surface area contributed by atoms with Crippen molar-refractivity contribution >= 4 is 5.96 Å². The molecule has 17 heavy (non-hydrogen) atoms. The van der Waals surface area contributed by atoms with Crippen LogP contribution in [0.25, 0.3) is 0 Å². The van der Waals surface area contributed by atoms with E-state index >= 15 is 0 Å². The first kappa shape index (κ1) is 12.7. The fraction of sp³-hybridized carbons (Fsp3) is 0.923. The van der Waals surface area contributed by atoms with Gasteiger partial charge < -0.3 is 5.32 Å². The third-order valence-electron chi connectivity index (χ3n) is 3.92. The van der Waals surface area contributed by atoms with Crippen LogP contribution in [0.2, 0.25) is 0 Å². The minimum absolute atomic E-state index is 0.511. The Morgan fingerprint density at radius 3 is 2.71 bits per heavy atom. The van der Waals surface area contributed by atoms with Gasteiger partial charge in [-0.2, -0.15) is 0 Å². The third-order valence-corrected chi connectivity index (χ3v) is 3.92. The highest BCUT2D eigenvalue weighted by Crippen LogP contribution is 2.37. The molecule has 4 N–H and O–H groups in total. The average molecular weight is 238 g/mol. The number of rotatable bonds is 4. The maximum atomic E-state index is 5.54.